The zero-order valence-electron chi connectivity index (χ0n) is 11.0. The average molecular weight is 257 g/mol. The van der Waals surface area contributed by atoms with Gasteiger partial charge in [0.1, 0.15) is 0 Å². The maximum atomic E-state index is 12.3. The standard InChI is InChI=1S/C15H17N2O2/c1-12(13-5-3-2-4-6-13)14(11-18)15(19)17-9-7-16-8-10-17/h2-6,16H,7-10H2,1H3. The third-order valence-corrected chi connectivity index (χ3v) is 3.30. The molecule has 1 saturated heterocycles. The number of benzene rings is 1. The Balaban J connectivity index is 2.27. The lowest BCUT2D eigenvalue weighted by molar-refractivity contribution is -0.127. The van der Waals surface area contributed by atoms with E-state index in [9.17, 15) is 9.59 Å². The number of hydrogen-bond acceptors (Lipinski definition) is 3. The average Bonchev–Trinajstić information content (AvgIpc) is 2.49. The lowest BCUT2D eigenvalue weighted by Gasteiger charge is -2.27. The smallest absolute Gasteiger partial charge is 0.258 e. The van der Waals surface area contributed by atoms with Crippen molar-refractivity contribution in [3.05, 3.63) is 41.5 Å². The van der Waals surface area contributed by atoms with Gasteiger partial charge in [0.15, 0.2) is 0 Å². The van der Waals surface area contributed by atoms with E-state index in [-0.39, 0.29) is 11.5 Å². The first kappa shape index (κ1) is 13.5. The molecule has 0 spiro atoms. The van der Waals surface area contributed by atoms with Crippen LogP contribution in [-0.2, 0) is 9.59 Å². The van der Waals surface area contributed by atoms with Crippen LogP contribution in [0.4, 0.5) is 0 Å². The molecule has 0 atom stereocenters. The molecule has 1 N–H and O–H groups in total. The molecule has 1 aliphatic rings. The third-order valence-electron chi connectivity index (χ3n) is 3.30. The molecule has 0 saturated carbocycles. The Morgan fingerprint density at radius 3 is 2.42 bits per heavy atom. The number of nitrogens with zero attached hydrogens (tertiary/aromatic N) is 1. The summed E-state index contributed by atoms with van der Waals surface area (Å²) in [6, 6.07) is 9.45. The maximum absolute atomic E-state index is 12.3. The molecule has 1 aromatic rings. The number of carbonyl (C=O) groups excluding carboxylic acids is 2. The molecule has 2 rings (SSSR count). The van der Waals surface area contributed by atoms with Crippen molar-refractivity contribution in [2.45, 2.75) is 6.92 Å². The molecule has 0 aliphatic carbocycles. The Morgan fingerprint density at radius 2 is 1.84 bits per heavy atom. The molecule has 1 radical (unpaired) electrons. The molecule has 19 heavy (non-hydrogen) atoms. The third kappa shape index (κ3) is 3.09. The minimum atomic E-state index is -0.224. The van der Waals surface area contributed by atoms with Crippen molar-refractivity contribution in [3.63, 3.8) is 0 Å². The van der Waals surface area contributed by atoms with Gasteiger partial charge in [0.2, 0.25) is 6.29 Å². The van der Waals surface area contributed by atoms with Gasteiger partial charge in [-0.05, 0) is 18.1 Å². The number of carbonyl (C=O) groups is 1. The van der Waals surface area contributed by atoms with E-state index < -0.39 is 0 Å². The van der Waals surface area contributed by atoms with Crippen molar-refractivity contribution in [1.82, 2.24) is 10.2 Å². The largest absolute Gasteiger partial charge is 0.336 e. The molecule has 1 heterocycles. The van der Waals surface area contributed by atoms with Crippen LogP contribution in [0.25, 0.3) is 5.57 Å². The summed E-state index contributed by atoms with van der Waals surface area (Å²) in [5, 5.41) is 3.18. The minimum Gasteiger partial charge on any atom is -0.336 e. The number of allylic oxidation sites excluding steroid dienone is 1. The van der Waals surface area contributed by atoms with E-state index >= 15 is 0 Å². The van der Waals surface area contributed by atoms with Crippen molar-refractivity contribution >= 4 is 17.8 Å². The van der Waals surface area contributed by atoms with Crippen molar-refractivity contribution < 1.29 is 9.59 Å². The summed E-state index contributed by atoms with van der Waals surface area (Å²) in [6.07, 6.45) is 1.82. The van der Waals surface area contributed by atoms with Gasteiger partial charge < -0.3 is 10.2 Å². The quantitative estimate of drug-likeness (QED) is 0.499. The summed E-state index contributed by atoms with van der Waals surface area (Å²) in [4.78, 5) is 25.2. The van der Waals surface area contributed by atoms with Crippen molar-refractivity contribution in [3.8, 4) is 0 Å². The predicted octanol–water partition coefficient (Wildman–Crippen LogP) is 1.00. The van der Waals surface area contributed by atoms with Crippen molar-refractivity contribution in [2.24, 2.45) is 0 Å². The summed E-state index contributed by atoms with van der Waals surface area (Å²) >= 11 is 0. The molecule has 99 valence electrons. The highest BCUT2D eigenvalue weighted by Crippen LogP contribution is 2.18. The molecule has 4 heteroatoms. The summed E-state index contributed by atoms with van der Waals surface area (Å²) in [7, 11) is 0. The second-order valence-corrected chi connectivity index (χ2v) is 4.51. The second kappa shape index (κ2) is 6.29. The Bertz CT molecular complexity index is 488. The summed E-state index contributed by atoms with van der Waals surface area (Å²) in [5.74, 6) is -0.224. The van der Waals surface area contributed by atoms with Crippen LogP contribution in [0.5, 0.6) is 0 Å². The Hall–Kier alpha value is -1.94. The van der Waals surface area contributed by atoms with Gasteiger partial charge in [-0.3, -0.25) is 9.59 Å². The number of hydrogen-bond donors (Lipinski definition) is 1. The molecule has 1 aromatic carbocycles. The predicted molar refractivity (Wildman–Crippen MR) is 74.2 cm³/mol. The van der Waals surface area contributed by atoms with Crippen LogP contribution in [0.2, 0.25) is 0 Å². The molecular formula is C15H17N2O2. The van der Waals surface area contributed by atoms with E-state index in [0.29, 0.717) is 18.7 Å². The second-order valence-electron chi connectivity index (χ2n) is 4.51. The monoisotopic (exact) mass is 257 g/mol. The highest BCUT2D eigenvalue weighted by atomic mass is 16.2. The molecule has 0 aromatic heterocycles. The zero-order chi connectivity index (χ0) is 13.7. The topological polar surface area (TPSA) is 49.4 Å². The molecule has 0 bridgehead atoms. The van der Waals surface area contributed by atoms with Gasteiger partial charge in [-0.1, -0.05) is 30.3 Å². The molecule has 4 nitrogen and oxygen atoms in total. The lowest BCUT2D eigenvalue weighted by atomic mass is 10.0. The summed E-state index contributed by atoms with van der Waals surface area (Å²) < 4.78 is 0. The fraction of sp³-hybridized carbons (Fsp3) is 0.333. The fourth-order valence-corrected chi connectivity index (χ4v) is 2.14. The van der Waals surface area contributed by atoms with Crippen LogP contribution >= 0.6 is 0 Å². The van der Waals surface area contributed by atoms with E-state index in [1.165, 1.54) is 0 Å². The van der Waals surface area contributed by atoms with E-state index in [1.54, 1.807) is 11.8 Å². The van der Waals surface area contributed by atoms with Gasteiger partial charge in [0.25, 0.3) is 5.91 Å². The van der Waals surface area contributed by atoms with Crippen LogP contribution in [0, 0.1) is 0 Å². The summed E-state index contributed by atoms with van der Waals surface area (Å²) in [5.41, 5.74) is 1.69. The highest BCUT2D eigenvalue weighted by molar-refractivity contribution is 6.16. The first-order chi connectivity index (χ1) is 9.24. The Labute approximate surface area is 113 Å². The highest BCUT2D eigenvalue weighted by Gasteiger charge is 2.22. The first-order valence-corrected chi connectivity index (χ1v) is 6.38. The van der Waals surface area contributed by atoms with E-state index in [2.05, 4.69) is 5.32 Å². The van der Waals surface area contributed by atoms with Gasteiger partial charge in [0.05, 0.1) is 5.57 Å². The van der Waals surface area contributed by atoms with Gasteiger partial charge in [-0.25, -0.2) is 0 Å². The fourth-order valence-electron chi connectivity index (χ4n) is 2.14. The summed E-state index contributed by atoms with van der Waals surface area (Å²) in [6.45, 7) is 4.58. The molecular weight excluding hydrogens is 240 g/mol. The van der Waals surface area contributed by atoms with E-state index in [4.69, 9.17) is 0 Å². The SMILES string of the molecule is CC(=C([C]=O)C(=O)N1CCNCC1)c1ccccc1. The molecule has 1 fully saturated rings. The number of amides is 1. The van der Waals surface area contributed by atoms with Gasteiger partial charge >= 0.3 is 0 Å². The van der Waals surface area contributed by atoms with Crippen LogP contribution < -0.4 is 5.32 Å². The van der Waals surface area contributed by atoms with Crippen molar-refractivity contribution in [2.75, 3.05) is 26.2 Å². The minimum absolute atomic E-state index is 0.133. The van der Waals surface area contributed by atoms with E-state index in [1.807, 2.05) is 36.6 Å². The molecule has 1 amide bonds. The van der Waals surface area contributed by atoms with Gasteiger partial charge in [0, 0.05) is 26.2 Å². The van der Waals surface area contributed by atoms with Crippen LogP contribution in [0.1, 0.15) is 12.5 Å². The number of piperazine rings is 1. The molecule has 1 aliphatic heterocycles. The van der Waals surface area contributed by atoms with Crippen LogP contribution in [-0.4, -0.2) is 43.3 Å². The first-order valence-electron chi connectivity index (χ1n) is 6.38. The van der Waals surface area contributed by atoms with Crippen molar-refractivity contribution in [1.29, 1.82) is 0 Å². The van der Waals surface area contributed by atoms with Crippen LogP contribution in [0.3, 0.4) is 0 Å². The maximum Gasteiger partial charge on any atom is 0.258 e. The van der Waals surface area contributed by atoms with E-state index in [0.717, 1.165) is 18.7 Å². The van der Waals surface area contributed by atoms with Gasteiger partial charge in [-0.15, -0.1) is 0 Å². The molecule has 0 unspecified atom stereocenters. The number of nitrogens with one attached hydrogen (secondary N) is 1. The zero-order valence-corrected chi connectivity index (χ0v) is 11.0. The lowest BCUT2D eigenvalue weighted by Crippen LogP contribution is -2.47. The normalized spacial score (nSPS) is 16.8. The Morgan fingerprint density at radius 1 is 1.21 bits per heavy atom. The van der Waals surface area contributed by atoms with Gasteiger partial charge in [-0.2, -0.15) is 0 Å². The van der Waals surface area contributed by atoms with Crippen LogP contribution in [0.15, 0.2) is 35.9 Å². The number of rotatable bonds is 3. The Kier molecular flexibility index (Phi) is 4.47.